The lowest BCUT2D eigenvalue weighted by Gasteiger charge is -2.07. The highest BCUT2D eigenvalue weighted by molar-refractivity contribution is 5.97. The number of ether oxygens (including phenoxy) is 1. The molecule has 0 saturated heterocycles. The zero-order valence-corrected chi connectivity index (χ0v) is 15.9. The van der Waals surface area contributed by atoms with Crippen LogP contribution >= 0.6 is 0 Å². The molecule has 1 amide bonds. The zero-order valence-electron chi connectivity index (χ0n) is 15.9. The third kappa shape index (κ3) is 4.99. The van der Waals surface area contributed by atoms with Gasteiger partial charge in [-0.1, -0.05) is 30.3 Å². The van der Waals surface area contributed by atoms with Crippen LogP contribution in [0.4, 0.5) is 0 Å². The molecule has 2 heterocycles. The Morgan fingerprint density at radius 3 is 2.79 bits per heavy atom. The average Bonchev–Trinajstić information content (AvgIpc) is 3.16. The lowest BCUT2D eigenvalue weighted by molar-refractivity contribution is 0.0951. The number of hydrogen-bond donors (Lipinski definition) is 1. The van der Waals surface area contributed by atoms with Gasteiger partial charge in [-0.25, -0.2) is 4.98 Å². The van der Waals surface area contributed by atoms with Gasteiger partial charge in [-0.3, -0.25) is 9.78 Å². The van der Waals surface area contributed by atoms with Crippen molar-refractivity contribution in [3.05, 3.63) is 90.1 Å². The molecule has 2 aromatic carbocycles. The SMILES string of the molecule is O=C(NCCCOc1cccnc1)c1ccc2oc(Cc3ccccc3)nc2c1. The number of nitrogens with zero attached hydrogens (tertiary/aromatic N) is 2. The van der Waals surface area contributed by atoms with Crippen molar-refractivity contribution >= 4 is 17.0 Å². The van der Waals surface area contributed by atoms with Crippen LogP contribution in [-0.2, 0) is 6.42 Å². The maximum Gasteiger partial charge on any atom is 0.251 e. The van der Waals surface area contributed by atoms with Gasteiger partial charge in [-0.15, -0.1) is 0 Å². The van der Waals surface area contributed by atoms with Crippen molar-refractivity contribution in [2.24, 2.45) is 0 Å². The van der Waals surface area contributed by atoms with E-state index in [1.165, 1.54) is 0 Å². The fraction of sp³-hybridized carbons (Fsp3) is 0.174. The summed E-state index contributed by atoms with van der Waals surface area (Å²) in [5.41, 5.74) is 3.05. The van der Waals surface area contributed by atoms with Crippen molar-refractivity contribution in [3.8, 4) is 5.75 Å². The Bertz CT molecular complexity index is 1080. The van der Waals surface area contributed by atoms with Crippen LogP contribution in [0.25, 0.3) is 11.1 Å². The smallest absolute Gasteiger partial charge is 0.251 e. The molecular weight excluding hydrogens is 366 g/mol. The first-order valence-corrected chi connectivity index (χ1v) is 9.52. The summed E-state index contributed by atoms with van der Waals surface area (Å²) in [7, 11) is 0. The highest BCUT2D eigenvalue weighted by atomic mass is 16.5. The van der Waals surface area contributed by atoms with E-state index in [0.717, 1.165) is 11.3 Å². The van der Waals surface area contributed by atoms with E-state index in [0.29, 0.717) is 48.5 Å². The Morgan fingerprint density at radius 2 is 1.97 bits per heavy atom. The van der Waals surface area contributed by atoms with E-state index in [4.69, 9.17) is 9.15 Å². The lowest BCUT2D eigenvalue weighted by atomic mass is 10.1. The molecule has 29 heavy (non-hydrogen) atoms. The third-order valence-corrected chi connectivity index (χ3v) is 4.40. The van der Waals surface area contributed by atoms with Crippen LogP contribution < -0.4 is 10.1 Å². The highest BCUT2D eigenvalue weighted by Crippen LogP contribution is 2.19. The molecule has 0 unspecified atom stereocenters. The number of carbonyl (C=O) groups excluding carboxylic acids is 1. The van der Waals surface area contributed by atoms with E-state index in [1.807, 2.05) is 42.5 Å². The van der Waals surface area contributed by atoms with E-state index in [2.05, 4.69) is 15.3 Å². The van der Waals surface area contributed by atoms with Crippen LogP contribution in [0.1, 0.15) is 28.2 Å². The van der Waals surface area contributed by atoms with Crippen LogP contribution in [0.2, 0.25) is 0 Å². The molecule has 1 N–H and O–H groups in total. The molecule has 146 valence electrons. The maximum atomic E-state index is 12.4. The van der Waals surface area contributed by atoms with E-state index in [9.17, 15) is 4.79 Å². The average molecular weight is 387 g/mol. The van der Waals surface area contributed by atoms with Gasteiger partial charge in [-0.05, 0) is 42.3 Å². The molecule has 4 rings (SSSR count). The van der Waals surface area contributed by atoms with E-state index in [-0.39, 0.29) is 5.91 Å². The molecule has 0 atom stereocenters. The van der Waals surface area contributed by atoms with Gasteiger partial charge in [-0.2, -0.15) is 0 Å². The quantitative estimate of drug-likeness (QED) is 0.462. The predicted molar refractivity (Wildman–Crippen MR) is 110 cm³/mol. The van der Waals surface area contributed by atoms with E-state index in [1.54, 1.807) is 30.6 Å². The number of benzene rings is 2. The molecule has 0 spiro atoms. The predicted octanol–water partition coefficient (Wildman–Crippen LogP) is 4.01. The van der Waals surface area contributed by atoms with Crippen molar-refractivity contribution in [2.75, 3.05) is 13.2 Å². The van der Waals surface area contributed by atoms with Gasteiger partial charge >= 0.3 is 0 Å². The number of rotatable bonds is 8. The Kier molecular flexibility index (Phi) is 5.81. The first-order valence-electron chi connectivity index (χ1n) is 9.52. The molecule has 6 nitrogen and oxygen atoms in total. The monoisotopic (exact) mass is 387 g/mol. The maximum absolute atomic E-state index is 12.4. The van der Waals surface area contributed by atoms with Crippen molar-refractivity contribution in [1.29, 1.82) is 0 Å². The molecule has 6 heteroatoms. The molecular formula is C23H21N3O3. The normalized spacial score (nSPS) is 10.8. The summed E-state index contributed by atoms with van der Waals surface area (Å²) < 4.78 is 11.4. The van der Waals surface area contributed by atoms with Gasteiger partial charge in [0.1, 0.15) is 11.3 Å². The molecule has 0 aliphatic heterocycles. The second-order valence-electron chi connectivity index (χ2n) is 6.60. The van der Waals surface area contributed by atoms with Gasteiger partial charge in [0.15, 0.2) is 11.5 Å². The molecule has 0 aliphatic carbocycles. The second kappa shape index (κ2) is 9.01. The van der Waals surface area contributed by atoms with Gasteiger partial charge in [0.05, 0.1) is 12.8 Å². The molecule has 0 bridgehead atoms. The summed E-state index contributed by atoms with van der Waals surface area (Å²) in [4.78, 5) is 20.9. The minimum atomic E-state index is -0.138. The summed E-state index contributed by atoms with van der Waals surface area (Å²) in [5.74, 6) is 1.22. The van der Waals surface area contributed by atoms with Crippen molar-refractivity contribution in [1.82, 2.24) is 15.3 Å². The molecule has 0 saturated carbocycles. The Balaban J connectivity index is 1.30. The first kappa shape index (κ1) is 18.7. The summed E-state index contributed by atoms with van der Waals surface area (Å²) in [6.45, 7) is 1.03. The van der Waals surface area contributed by atoms with Crippen LogP contribution in [-0.4, -0.2) is 29.0 Å². The van der Waals surface area contributed by atoms with Gasteiger partial charge < -0.3 is 14.5 Å². The Hall–Kier alpha value is -3.67. The zero-order chi connectivity index (χ0) is 19.9. The standard InChI is InChI=1S/C23H21N3O3/c27-23(25-12-5-13-28-19-8-4-11-24-16-19)18-9-10-21-20(15-18)26-22(29-21)14-17-6-2-1-3-7-17/h1-4,6-11,15-16H,5,12-14H2,(H,25,27). The topological polar surface area (TPSA) is 77.2 Å². The molecule has 0 aliphatic rings. The van der Waals surface area contributed by atoms with Crippen molar-refractivity contribution in [3.63, 3.8) is 0 Å². The summed E-state index contributed by atoms with van der Waals surface area (Å²) in [6.07, 6.45) is 4.68. The molecule has 2 aromatic heterocycles. The van der Waals surface area contributed by atoms with E-state index < -0.39 is 0 Å². The first-order chi connectivity index (χ1) is 14.3. The van der Waals surface area contributed by atoms with Crippen molar-refractivity contribution in [2.45, 2.75) is 12.8 Å². The molecule has 0 fully saturated rings. The number of hydrogen-bond acceptors (Lipinski definition) is 5. The molecule has 0 radical (unpaired) electrons. The van der Waals surface area contributed by atoms with Gasteiger partial charge in [0, 0.05) is 24.7 Å². The summed E-state index contributed by atoms with van der Waals surface area (Å²) >= 11 is 0. The van der Waals surface area contributed by atoms with Crippen LogP contribution in [0.15, 0.2) is 77.5 Å². The number of fused-ring (bicyclic) bond motifs is 1. The number of pyridine rings is 1. The number of nitrogens with one attached hydrogen (secondary N) is 1. The van der Waals surface area contributed by atoms with Crippen molar-refractivity contribution < 1.29 is 13.9 Å². The van der Waals surface area contributed by atoms with Crippen LogP contribution in [0.3, 0.4) is 0 Å². The third-order valence-electron chi connectivity index (χ3n) is 4.40. The number of carbonyl (C=O) groups is 1. The van der Waals surface area contributed by atoms with E-state index >= 15 is 0 Å². The van der Waals surface area contributed by atoms with Gasteiger partial charge in [0.2, 0.25) is 0 Å². The molecule has 4 aromatic rings. The second-order valence-corrected chi connectivity index (χ2v) is 6.60. The minimum absolute atomic E-state index is 0.138. The largest absolute Gasteiger partial charge is 0.492 e. The Labute approximate surface area is 168 Å². The lowest BCUT2D eigenvalue weighted by Crippen LogP contribution is -2.25. The summed E-state index contributed by atoms with van der Waals surface area (Å²) in [5, 5.41) is 2.90. The van der Waals surface area contributed by atoms with Crippen LogP contribution in [0, 0.1) is 0 Å². The fourth-order valence-electron chi connectivity index (χ4n) is 2.96. The minimum Gasteiger partial charge on any atom is -0.492 e. The Morgan fingerprint density at radius 1 is 1.07 bits per heavy atom. The fourth-order valence-corrected chi connectivity index (χ4v) is 2.96. The summed E-state index contributed by atoms with van der Waals surface area (Å²) in [6, 6.07) is 19.0. The number of oxazole rings is 1. The number of amides is 1. The number of aromatic nitrogens is 2. The van der Waals surface area contributed by atoms with Gasteiger partial charge in [0.25, 0.3) is 5.91 Å². The van der Waals surface area contributed by atoms with Crippen LogP contribution in [0.5, 0.6) is 5.75 Å². The highest BCUT2D eigenvalue weighted by Gasteiger charge is 2.11.